The Morgan fingerprint density at radius 2 is 2.00 bits per heavy atom. The Labute approximate surface area is 61.3 Å². The van der Waals surface area contributed by atoms with Crippen molar-refractivity contribution in [2.45, 2.75) is 31.6 Å². The van der Waals surface area contributed by atoms with Crippen molar-refractivity contribution < 1.29 is 10.2 Å². The number of rotatable bonds is 0. The fraction of sp³-hybridized carbons (Fsp3) is 1.00. The Hall–Kier alpha value is -0.120. The van der Waals surface area contributed by atoms with Gasteiger partial charge in [-0.1, -0.05) is 0 Å². The Morgan fingerprint density at radius 1 is 1.40 bits per heavy atom. The highest BCUT2D eigenvalue weighted by molar-refractivity contribution is 4.84. The third-order valence-electron chi connectivity index (χ3n) is 2.36. The molecule has 0 aromatic rings. The fourth-order valence-corrected chi connectivity index (χ4v) is 1.29. The van der Waals surface area contributed by atoms with Gasteiger partial charge < -0.3 is 15.1 Å². The summed E-state index contributed by atoms with van der Waals surface area (Å²) in [6, 6.07) is 0.0868. The first kappa shape index (κ1) is 7.98. The molecule has 3 nitrogen and oxygen atoms in total. The summed E-state index contributed by atoms with van der Waals surface area (Å²) in [7, 11) is 1.96. The number of hydrogen-bond acceptors (Lipinski definition) is 3. The van der Waals surface area contributed by atoms with Crippen LogP contribution in [0.2, 0.25) is 0 Å². The monoisotopic (exact) mass is 145 g/mol. The van der Waals surface area contributed by atoms with E-state index < -0.39 is 12.2 Å². The van der Waals surface area contributed by atoms with Crippen molar-refractivity contribution in [2.24, 2.45) is 0 Å². The molecule has 1 aliphatic rings. The second-order valence-electron chi connectivity index (χ2n) is 3.07. The molecule has 0 aromatic carbocycles. The first-order chi connectivity index (χ1) is 4.63. The number of likely N-dealkylation sites (tertiary alicyclic amines) is 1. The molecule has 1 rings (SSSR count). The third-order valence-corrected chi connectivity index (χ3v) is 2.36. The maximum Gasteiger partial charge on any atom is 0.0951 e. The van der Waals surface area contributed by atoms with E-state index in [0.29, 0.717) is 6.42 Å². The summed E-state index contributed by atoms with van der Waals surface area (Å²) in [5.74, 6) is 0. The van der Waals surface area contributed by atoms with Gasteiger partial charge in [0.2, 0.25) is 0 Å². The summed E-state index contributed by atoms with van der Waals surface area (Å²) in [4.78, 5) is 2.05. The highest BCUT2D eigenvalue weighted by Gasteiger charge is 2.30. The van der Waals surface area contributed by atoms with Crippen molar-refractivity contribution in [3.63, 3.8) is 0 Å². The van der Waals surface area contributed by atoms with Gasteiger partial charge in [-0.3, -0.25) is 0 Å². The van der Waals surface area contributed by atoms with E-state index in [1.165, 1.54) is 0 Å². The lowest BCUT2D eigenvalue weighted by molar-refractivity contribution is -0.0627. The number of hydrogen-bond donors (Lipinski definition) is 2. The highest BCUT2D eigenvalue weighted by Crippen LogP contribution is 2.15. The van der Waals surface area contributed by atoms with Crippen LogP contribution in [0.1, 0.15) is 13.3 Å². The summed E-state index contributed by atoms with van der Waals surface area (Å²) in [5, 5.41) is 18.5. The van der Waals surface area contributed by atoms with E-state index in [1.807, 2.05) is 14.0 Å². The lowest BCUT2D eigenvalue weighted by Gasteiger charge is -2.37. The largest absolute Gasteiger partial charge is 0.390 e. The molecule has 10 heavy (non-hydrogen) atoms. The molecular formula is C7H15NO2. The van der Waals surface area contributed by atoms with Gasteiger partial charge in [-0.05, 0) is 20.4 Å². The van der Waals surface area contributed by atoms with Gasteiger partial charge in [0.25, 0.3) is 0 Å². The third kappa shape index (κ3) is 1.31. The smallest absolute Gasteiger partial charge is 0.0951 e. The van der Waals surface area contributed by atoms with E-state index in [9.17, 15) is 10.2 Å². The molecular weight excluding hydrogens is 130 g/mol. The average molecular weight is 145 g/mol. The minimum Gasteiger partial charge on any atom is -0.390 e. The number of aliphatic hydroxyl groups is 2. The van der Waals surface area contributed by atoms with Crippen LogP contribution in [-0.2, 0) is 0 Å². The molecule has 0 bridgehead atoms. The second-order valence-corrected chi connectivity index (χ2v) is 3.07. The van der Waals surface area contributed by atoms with Gasteiger partial charge in [0.15, 0.2) is 0 Å². The standard InChI is InChI=1S/C7H15NO2/c1-5-7(10)6(9)3-4-8(5)2/h5-7,9-10H,3-4H2,1-2H3/t5-,6-,7-/m1/s1. The summed E-state index contributed by atoms with van der Waals surface area (Å²) in [6.45, 7) is 2.80. The molecule has 3 heteroatoms. The molecule has 0 saturated carbocycles. The predicted molar refractivity (Wildman–Crippen MR) is 38.7 cm³/mol. The summed E-state index contributed by atoms with van der Waals surface area (Å²) in [5.41, 5.74) is 0. The maximum absolute atomic E-state index is 9.32. The second kappa shape index (κ2) is 2.86. The molecule has 0 amide bonds. The molecule has 1 saturated heterocycles. The molecule has 0 unspecified atom stereocenters. The zero-order valence-electron chi connectivity index (χ0n) is 6.49. The van der Waals surface area contributed by atoms with Crippen molar-refractivity contribution in [1.29, 1.82) is 0 Å². The van der Waals surface area contributed by atoms with Crippen molar-refractivity contribution in [1.82, 2.24) is 4.90 Å². The van der Waals surface area contributed by atoms with Gasteiger partial charge in [-0.15, -0.1) is 0 Å². The molecule has 1 aliphatic heterocycles. The first-order valence-corrected chi connectivity index (χ1v) is 3.69. The van der Waals surface area contributed by atoms with Gasteiger partial charge in [0.1, 0.15) is 0 Å². The van der Waals surface area contributed by atoms with Crippen molar-refractivity contribution in [3.8, 4) is 0 Å². The molecule has 0 aliphatic carbocycles. The molecule has 1 heterocycles. The molecule has 0 spiro atoms. The van der Waals surface area contributed by atoms with Crippen LogP contribution in [0.5, 0.6) is 0 Å². The van der Waals surface area contributed by atoms with Gasteiger partial charge in [0, 0.05) is 12.6 Å². The minimum absolute atomic E-state index is 0.0868. The van der Waals surface area contributed by atoms with Gasteiger partial charge in [-0.2, -0.15) is 0 Å². The number of aliphatic hydroxyl groups excluding tert-OH is 2. The lowest BCUT2D eigenvalue weighted by atomic mass is 9.98. The van der Waals surface area contributed by atoms with Crippen molar-refractivity contribution in [3.05, 3.63) is 0 Å². The van der Waals surface area contributed by atoms with Crippen LogP contribution in [0, 0.1) is 0 Å². The van der Waals surface area contributed by atoms with Crippen LogP contribution < -0.4 is 0 Å². The van der Waals surface area contributed by atoms with Gasteiger partial charge in [-0.25, -0.2) is 0 Å². The summed E-state index contributed by atoms with van der Waals surface area (Å²) >= 11 is 0. The van der Waals surface area contributed by atoms with Crippen LogP contribution in [0.4, 0.5) is 0 Å². The summed E-state index contributed by atoms with van der Waals surface area (Å²) in [6.07, 6.45) is -0.410. The van der Waals surface area contributed by atoms with E-state index in [1.54, 1.807) is 0 Å². The van der Waals surface area contributed by atoms with Crippen LogP contribution in [-0.4, -0.2) is 47.0 Å². The van der Waals surface area contributed by atoms with Crippen LogP contribution in [0.15, 0.2) is 0 Å². The highest BCUT2D eigenvalue weighted by atomic mass is 16.3. The Morgan fingerprint density at radius 3 is 2.50 bits per heavy atom. The number of likely N-dealkylation sites (N-methyl/N-ethyl adjacent to an activating group) is 1. The zero-order chi connectivity index (χ0) is 7.72. The normalized spacial score (nSPS) is 43.8. The Bertz CT molecular complexity index is 104. The minimum atomic E-state index is -0.571. The molecule has 3 atom stereocenters. The Kier molecular flexibility index (Phi) is 2.28. The SMILES string of the molecule is C[C@@H]1[C@@H](O)[C@H](O)CCN1C. The Balaban J connectivity index is 2.52. The lowest BCUT2D eigenvalue weighted by Crippen LogP contribution is -2.51. The average Bonchev–Trinajstić information content (AvgIpc) is 1.93. The number of nitrogens with zero attached hydrogens (tertiary/aromatic N) is 1. The first-order valence-electron chi connectivity index (χ1n) is 3.69. The fourth-order valence-electron chi connectivity index (χ4n) is 1.29. The van der Waals surface area contributed by atoms with E-state index in [2.05, 4.69) is 4.90 Å². The van der Waals surface area contributed by atoms with E-state index in [-0.39, 0.29) is 6.04 Å². The van der Waals surface area contributed by atoms with Crippen LogP contribution in [0.25, 0.3) is 0 Å². The quantitative estimate of drug-likeness (QED) is 0.480. The topological polar surface area (TPSA) is 43.7 Å². The molecule has 0 radical (unpaired) electrons. The summed E-state index contributed by atoms with van der Waals surface area (Å²) < 4.78 is 0. The van der Waals surface area contributed by atoms with E-state index >= 15 is 0 Å². The number of piperidine rings is 1. The maximum atomic E-state index is 9.32. The van der Waals surface area contributed by atoms with Gasteiger partial charge >= 0.3 is 0 Å². The van der Waals surface area contributed by atoms with E-state index in [0.717, 1.165) is 6.54 Å². The van der Waals surface area contributed by atoms with Crippen LogP contribution >= 0.6 is 0 Å². The van der Waals surface area contributed by atoms with E-state index in [4.69, 9.17) is 0 Å². The molecule has 1 fully saturated rings. The molecule has 2 N–H and O–H groups in total. The van der Waals surface area contributed by atoms with Crippen molar-refractivity contribution in [2.75, 3.05) is 13.6 Å². The van der Waals surface area contributed by atoms with Gasteiger partial charge in [0.05, 0.1) is 12.2 Å². The zero-order valence-corrected chi connectivity index (χ0v) is 6.49. The molecule has 60 valence electrons. The predicted octanol–water partition coefficient (Wildman–Crippen LogP) is -0.568. The van der Waals surface area contributed by atoms with Crippen LogP contribution in [0.3, 0.4) is 0 Å². The molecule has 0 aromatic heterocycles. The van der Waals surface area contributed by atoms with Crippen molar-refractivity contribution >= 4 is 0 Å².